The summed E-state index contributed by atoms with van der Waals surface area (Å²) in [5.74, 6) is -1.42. The molecule has 7 N–H and O–H groups in total. The van der Waals surface area contributed by atoms with Crippen LogP contribution in [-0.2, 0) is 46.3 Å². The van der Waals surface area contributed by atoms with E-state index >= 15 is 0 Å². The maximum atomic E-state index is 12.9. The number of esters is 2. The fraction of sp³-hybridized carbons (Fsp3) is 0.680. The van der Waals surface area contributed by atoms with Gasteiger partial charge in [0.05, 0.1) is 19.3 Å². The van der Waals surface area contributed by atoms with Crippen molar-refractivity contribution in [3.8, 4) is 0 Å². The number of phosphoric ester groups is 2. The highest BCUT2D eigenvalue weighted by atomic mass is 31.3. The number of nitrogens with zero attached hydrogens (tertiary/aromatic N) is 2. The van der Waals surface area contributed by atoms with Crippen LogP contribution in [0.25, 0.3) is 0 Å². The van der Waals surface area contributed by atoms with E-state index in [1.807, 2.05) is 36.5 Å². The van der Waals surface area contributed by atoms with Crippen LogP contribution in [0.5, 0.6) is 0 Å². The lowest BCUT2D eigenvalue weighted by Crippen LogP contribution is -2.36. The number of phosphoric acid groups is 2. The molecule has 404 valence electrons. The molecule has 1 saturated heterocycles. The first kappa shape index (κ1) is 63.5. The fourth-order valence-electron chi connectivity index (χ4n) is 7.14. The molecule has 1 fully saturated rings. The minimum Gasteiger partial charge on any atom is -0.462 e. The lowest BCUT2D eigenvalue weighted by atomic mass is 10.1. The Morgan fingerprint density at radius 3 is 2.03 bits per heavy atom. The predicted octanol–water partition coefficient (Wildman–Crippen LogP) is 9.30. The van der Waals surface area contributed by atoms with Crippen molar-refractivity contribution in [2.45, 2.75) is 198 Å². The summed E-state index contributed by atoms with van der Waals surface area (Å²) < 4.78 is 56.7. The summed E-state index contributed by atoms with van der Waals surface area (Å²) in [6.45, 7) is 1.97. The molecule has 8 atom stereocenters. The van der Waals surface area contributed by atoms with E-state index in [1.165, 1.54) is 57.4 Å². The average Bonchev–Trinajstić information content (AvgIpc) is 3.60. The number of aromatic nitrogens is 2. The van der Waals surface area contributed by atoms with Crippen LogP contribution in [0.3, 0.4) is 0 Å². The summed E-state index contributed by atoms with van der Waals surface area (Å²) >= 11 is 0. The Morgan fingerprint density at radius 2 is 1.32 bits per heavy atom. The van der Waals surface area contributed by atoms with Gasteiger partial charge >= 0.3 is 33.3 Å². The molecule has 2 unspecified atom stereocenters. The number of carbonyl (C=O) groups excluding carboxylic acids is 2. The number of hydrogen-bond donors (Lipinski definition) is 6. The van der Waals surface area contributed by atoms with Gasteiger partial charge in [-0.3, -0.25) is 23.2 Å². The highest BCUT2D eigenvalue weighted by molar-refractivity contribution is 7.61. The van der Waals surface area contributed by atoms with Crippen molar-refractivity contribution in [1.29, 1.82) is 0 Å². The molecule has 1 aliphatic heterocycles. The molecule has 0 radical (unpaired) electrons. The number of nitrogens with two attached hydrogens (primary N) is 1. The Balaban J connectivity index is 1.85. The first-order valence-corrected chi connectivity index (χ1v) is 28.4. The molecular weight excluding hydrogens is 961 g/mol. The van der Waals surface area contributed by atoms with Gasteiger partial charge in [0.15, 0.2) is 12.3 Å². The molecule has 0 amide bonds. The number of aliphatic hydroxyl groups excluding tert-OH is 3. The number of nitrogen functional groups attached to an aromatic ring is 1. The summed E-state index contributed by atoms with van der Waals surface area (Å²) in [6, 6.07) is 1.24. The SMILES string of the molecule is CCCCC/C=C\C=C/[C@@H](O)C/C=C\C/C=C/CCCC(=O)OC[C@H](COP(=O)(O)OP(=O)(O)OC[C@H]1O[C@@H](n2ccc(N)nc2=O)[C@H](O)[C@@H]1O)OC(=O)CCCCCCC/C=C\CCCCCCCC. The molecule has 21 heteroatoms. The molecule has 2 heterocycles. The maximum absolute atomic E-state index is 12.9. The molecule has 0 bridgehead atoms. The highest BCUT2D eigenvalue weighted by Crippen LogP contribution is 2.60. The molecule has 71 heavy (non-hydrogen) atoms. The monoisotopic (exact) mass is 1040 g/mol. The van der Waals surface area contributed by atoms with Gasteiger partial charge in [-0.1, -0.05) is 139 Å². The number of rotatable bonds is 41. The molecule has 19 nitrogen and oxygen atoms in total. The van der Waals surface area contributed by atoms with Gasteiger partial charge in [0.25, 0.3) is 0 Å². The molecule has 0 aromatic carbocycles. The zero-order valence-corrected chi connectivity index (χ0v) is 43.7. The topological polar surface area (TPSA) is 286 Å². The van der Waals surface area contributed by atoms with Crippen LogP contribution >= 0.6 is 15.6 Å². The van der Waals surface area contributed by atoms with E-state index < -0.39 is 89.8 Å². The normalized spacial score (nSPS) is 20.1. The summed E-state index contributed by atoms with van der Waals surface area (Å²) in [7, 11) is -10.9. The van der Waals surface area contributed by atoms with E-state index in [4.69, 9.17) is 29.0 Å². The van der Waals surface area contributed by atoms with E-state index in [0.29, 0.717) is 32.1 Å². The molecule has 1 aromatic heterocycles. The van der Waals surface area contributed by atoms with Gasteiger partial charge in [-0.15, -0.1) is 0 Å². The summed E-state index contributed by atoms with van der Waals surface area (Å²) in [6.07, 6.45) is 33.3. The zero-order valence-electron chi connectivity index (χ0n) is 41.9. The third-order valence-electron chi connectivity index (χ3n) is 11.2. The highest BCUT2D eigenvalue weighted by Gasteiger charge is 2.46. The molecule has 0 aliphatic carbocycles. The summed E-state index contributed by atoms with van der Waals surface area (Å²) in [5.41, 5.74) is 4.57. The van der Waals surface area contributed by atoms with Gasteiger partial charge in [0.2, 0.25) is 0 Å². The summed E-state index contributed by atoms with van der Waals surface area (Å²) in [4.78, 5) is 61.9. The maximum Gasteiger partial charge on any atom is 0.481 e. The number of hydrogen-bond acceptors (Lipinski definition) is 16. The number of aliphatic hydroxyl groups is 3. The van der Waals surface area contributed by atoms with Crippen LogP contribution in [0.2, 0.25) is 0 Å². The molecule has 1 aromatic rings. The van der Waals surface area contributed by atoms with Gasteiger partial charge in [0.1, 0.15) is 30.7 Å². The zero-order chi connectivity index (χ0) is 52.2. The minimum absolute atomic E-state index is 0.0135. The third-order valence-corrected chi connectivity index (χ3v) is 13.8. The van der Waals surface area contributed by atoms with E-state index in [0.717, 1.165) is 62.1 Å². The van der Waals surface area contributed by atoms with Crippen LogP contribution in [0.15, 0.2) is 77.8 Å². The Kier molecular flexibility index (Phi) is 34.1. The predicted molar refractivity (Wildman–Crippen MR) is 272 cm³/mol. The average molecular weight is 1040 g/mol. The van der Waals surface area contributed by atoms with E-state index in [-0.39, 0.29) is 18.7 Å². The van der Waals surface area contributed by atoms with E-state index in [2.05, 4.69) is 41.4 Å². The second kappa shape index (κ2) is 38.1. The van der Waals surface area contributed by atoms with Gasteiger partial charge in [-0.05, 0) is 76.7 Å². The second-order valence-electron chi connectivity index (χ2n) is 17.5. The van der Waals surface area contributed by atoms with Crippen molar-refractivity contribution in [1.82, 2.24) is 9.55 Å². The lowest BCUT2D eigenvalue weighted by Gasteiger charge is -2.21. The number of allylic oxidation sites excluding steroid dienone is 8. The van der Waals surface area contributed by atoms with Gasteiger partial charge in [-0.2, -0.15) is 9.29 Å². The van der Waals surface area contributed by atoms with Crippen LogP contribution in [0, 0.1) is 0 Å². The quantitative estimate of drug-likeness (QED) is 0.0117. The molecule has 2 rings (SSSR count). The van der Waals surface area contributed by atoms with Crippen LogP contribution in [-0.4, -0.2) is 96.9 Å². The first-order chi connectivity index (χ1) is 34.1. The minimum atomic E-state index is -5.45. The van der Waals surface area contributed by atoms with Crippen molar-refractivity contribution >= 4 is 33.4 Å². The Bertz CT molecular complexity index is 1940. The van der Waals surface area contributed by atoms with Crippen molar-refractivity contribution in [3.63, 3.8) is 0 Å². The second-order valence-corrected chi connectivity index (χ2v) is 20.6. The van der Waals surface area contributed by atoms with Gasteiger partial charge in [-0.25, -0.2) is 13.9 Å². The number of carbonyl (C=O) groups is 2. The van der Waals surface area contributed by atoms with Crippen molar-refractivity contribution in [3.05, 3.63) is 83.5 Å². The largest absolute Gasteiger partial charge is 0.481 e. The summed E-state index contributed by atoms with van der Waals surface area (Å²) in [5, 5.41) is 31.0. The number of ether oxygens (including phenoxy) is 3. The van der Waals surface area contributed by atoms with E-state index in [9.17, 15) is 48.6 Å². The smallest absolute Gasteiger partial charge is 0.462 e. The third kappa shape index (κ3) is 30.9. The van der Waals surface area contributed by atoms with Crippen LogP contribution in [0.4, 0.5) is 5.82 Å². The number of unbranched alkanes of at least 4 members (excludes halogenated alkanes) is 15. The lowest BCUT2D eigenvalue weighted by molar-refractivity contribution is -0.161. The molecule has 1 aliphatic rings. The van der Waals surface area contributed by atoms with Crippen molar-refractivity contribution in [2.24, 2.45) is 0 Å². The molecule has 0 saturated carbocycles. The molecular formula is C50H83N3O16P2. The standard InChI is InChI=1S/C50H83N3O16P2/c1-3-5-7-9-11-12-13-14-15-16-17-18-22-27-31-35-46(56)67-42(38-64-45(55)34-30-26-23-19-21-25-29-33-41(54)32-28-24-20-10-8-6-4-2)39-65-70(60,61)69-71(62,63)66-40-43-47(57)48(58)49(68-43)53-37-36-44(51)52-50(53)59/h14-15,19-20,23-25,28-29,32,36-37,41-43,47-49,54,57-58H,3-13,16-18,21-22,26-27,30-31,33-35,38-40H2,1-2H3,(H,60,61)(H,62,63)(H2,51,52,59)/b15-14-,23-19+,24-20-,29-25-,32-28-/t41-,42-,43-,47-,48-,49-/m1/s1. The fourth-order valence-corrected chi connectivity index (χ4v) is 9.25. The van der Waals surface area contributed by atoms with Crippen molar-refractivity contribution in [2.75, 3.05) is 25.6 Å². The van der Waals surface area contributed by atoms with Gasteiger partial charge < -0.3 is 45.1 Å². The van der Waals surface area contributed by atoms with Crippen LogP contribution in [0.1, 0.15) is 168 Å². The van der Waals surface area contributed by atoms with Gasteiger partial charge in [0, 0.05) is 19.0 Å². The Hall–Kier alpha value is -3.58. The van der Waals surface area contributed by atoms with Crippen LogP contribution < -0.4 is 11.4 Å². The first-order valence-electron chi connectivity index (χ1n) is 25.4. The Labute approximate surface area is 420 Å². The Morgan fingerprint density at radius 1 is 0.746 bits per heavy atom. The van der Waals surface area contributed by atoms with Crippen molar-refractivity contribution < 1.29 is 71.4 Å². The number of anilines is 1. The molecule has 0 spiro atoms. The van der Waals surface area contributed by atoms with E-state index in [1.54, 1.807) is 6.08 Å².